The summed E-state index contributed by atoms with van der Waals surface area (Å²) < 4.78 is 24.4. The third-order valence-corrected chi connectivity index (χ3v) is 3.55. The fourth-order valence-corrected chi connectivity index (χ4v) is 2.32. The molecule has 2 rings (SSSR count). The maximum absolute atomic E-state index is 13.8. The minimum absolute atomic E-state index is 0.180. The van der Waals surface area contributed by atoms with Crippen LogP contribution in [0.15, 0.2) is 36.4 Å². The van der Waals surface area contributed by atoms with Crippen LogP contribution in [0.25, 0.3) is 0 Å². The summed E-state index contributed by atoms with van der Waals surface area (Å²) in [5.74, 6) is 0.982. The predicted octanol–water partition coefficient (Wildman–Crippen LogP) is 4.67. The molecule has 0 saturated heterocycles. The standard InChI is InChI=1S/C16H17ClFNO2/c1-10(19-16-13(17)5-4-6-14(16)18)12-8-7-11(20-2)9-15(12)21-3/h4-10,19H,1-3H3. The Morgan fingerprint density at radius 1 is 1.14 bits per heavy atom. The Kier molecular flexibility index (Phi) is 4.91. The van der Waals surface area contributed by atoms with Crippen LogP contribution in [-0.2, 0) is 0 Å². The van der Waals surface area contributed by atoms with E-state index in [0.29, 0.717) is 16.5 Å². The van der Waals surface area contributed by atoms with Gasteiger partial charge in [0, 0.05) is 11.6 Å². The van der Waals surface area contributed by atoms with Crippen molar-refractivity contribution < 1.29 is 13.9 Å². The number of ether oxygens (including phenoxy) is 2. The van der Waals surface area contributed by atoms with Gasteiger partial charge < -0.3 is 14.8 Å². The average Bonchev–Trinajstić information content (AvgIpc) is 2.50. The number of hydrogen-bond acceptors (Lipinski definition) is 3. The number of benzene rings is 2. The van der Waals surface area contributed by atoms with Gasteiger partial charge in [-0.3, -0.25) is 0 Å². The van der Waals surface area contributed by atoms with Crippen LogP contribution in [-0.4, -0.2) is 14.2 Å². The average molecular weight is 310 g/mol. The summed E-state index contributed by atoms with van der Waals surface area (Å²) in [4.78, 5) is 0. The van der Waals surface area contributed by atoms with Gasteiger partial charge in [0.05, 0.1) is 31.0 Å². The van der Waals surface area contributed by atoms with Gasteiger partial charge >= 0.3 is 0 Å². The SMILES string of the molecule is COc1ccc(C(C)Nc2c(F)cccc2Cl)c(OC)c1. The number of para-hydroxylation sites is 1. The lowest BCUT2D eigenvalue weighted by Crippen LogP contribution is -2.10. The van der Waals surface area contributed by atoms with Crippen molar-refractivity contribution in [2.45, 2.75) is 13.0 Å². The Bertz CT molecular complexity index is 613. The summed E-state index contributed by atoms with van der Waals surface area (Å²) >= 11 is 6.03. The third kappa shape index (κ3) is 3.39. The quantitative estimate of drug-likeness (QED) is 0.870. The van der Waals surface area contributed by atoms with E-state index < -0.39 is 0 Å². The maximum atomic E-state index is 13.8. The summed E-state index contributed by atoms with van der Waals surface area (Å²) in [6.07, 6.45) is 0. The zero-order valence-electron chi connectivity index (χ0n) is 12.1. The molecule has 2 aromatic carbocycles. The summed E-state index contributed by atoms with van der Waals surface area (Å²) in [6, 6.07) is 9.90. The van der Waals surface area contributed by atoms with E-state index in [1.807, 2.05) is 19.1 Å². The number of halogens is 2. The van der Waals surface area contributed by atoms with E-state index in [0.717, 1.165) is 5.56 Å². The second-order valence-corrected chi connectivity index (χ2v) is 4.98. The molecule has 5 heteroatoms. The van der Waals surface area contributed by atoms with Gasteiger partial charge in [-0.2, -0.15) is 0 Å². The molecule has 0 amide bonds. The van der Waals surface area contributed by atoms with Crippen molar-refractivity contribution >= 4 is 17.3 Å². The van der Waals surface area contributed by atoms with Gasteiger partial charge in [-0.05, 0) is 31.2 Å². The molecule has 0 fully saturated rings. The molecule has 0 aliphatic rings. The van der Waals surface area contributed by atoms with E-state index in [1.165, 1.54) is 6.07 Å². The van der Waals surface area contributed by atoms with E-state index in [2.05, 4.69) is 5.32 Å². The van der Waals surface area contributed by atoms with Crippen LogP contribution in [0.3, 0.4) is 0 Å². The normalized spacial score (nSPS) is 11.9. The Morgan fingerprint density at radius 2 is 1.90 bits per heavy atom. The molecule has 21 heavy (non-hydrogen) atoms. The van der Waals surface area contributed by atoms with Crippen LogP contribution in [0.2, 0.25) is 5.02 Å². The summed E-state index contributed by atoms with van der Waals surface area (Å²) in [7, 11) is 3.18. The first kappa shape index (κ1) is 15.4. The van der Waals surface area contributed by atoms with E-state index >= 15 is 0 Å². The number of methoxy groups -OCH3 is 2. The predicted molar refractivity (Wildman–Crippen MR) is 83.0 cm³/mol. The van der Waals surface area contributed by atoms with Crippen molar-refractivity contribution in [2.24, 2.45) is 0 Å². The molecular weight excluding hydrogens is 293 g/mol. The fourth-order valence-electron chi connectivity index (χ4n) is 2.11. The summed E-state index contributed by atoms with van der Waals surface area (Å²) in [6.45, 7) is 1.91. The van der Waals surface area contributed by atoms with E-state index in [9.17, 15) is 4.39 Å². The molecular formula is C16H17ClFNO2. The lowest BCUT2D eigenvalue weighted by molar-refractivity contribution is 0.390. The van der Waals surface area contributed by atoms with Gasteiger partial charge in [-0.15, -0.1) is 0 Å². The minimum Gasteiger partial charge on any atom is -0.497 e. The molecule has 0 radical (unpaired) electrons. The molecule has 1 atom stereocenters. The van der Waals surface area contributed by atoms with Crippen molar-refractivity contribution in [3.8, 4) is 11.5 Å². The van der Waals surface area contributed by atoms with Crippen LogP contribution in [0, 0.1) is 5.82 Å². The number of anilines is 1. The van der Waals surface area contributed by atoms with Crippen LogP contribution in [0.5, 0.6) is 11.5 Å². The molecule has 0 aliphatic carbocycles. The molecule has 3 nitrogen and oxygen atoms in total. The molecule has 0 bridgehead atoms. The monoisotopic (exact) mass is 309 g/mol. The molecule has 1 N–H and O–H groups in total. The minimum atomic E-state index is -0.387. The highest BCUT2D eigenvalue weighted by Crippen LogP contribution is 2.33. The van der Waals surface area contributed by atoms with E-state index in [4.69, 9.17) is 21.1 Å². The largest absolute Gasteiger partial charge is 0.497 e. The van der Waals surface area contributed by atoms with Gasteiger partial charge in [0.1, 0.15) is 17.3 Å². The Hall–Kier alpha value is -1.94. The second-order valence-electron chi connectivity index (χ2n) is 4.57. The van der Waals surface area contributed by atoms with Gasteiger partial charge in [0.2, 0.25) is 0 Å². The van der Waals surface area contributed by atoms with Gasteiger partial charge in [0.15, 0.2) is 0 Å². The van der Waals surface area contributed by atoms with Crippen LogP contribution >= 0.6 is 11.6 Å². The van der Waals surface area contributed by atoms with E-state index in [-0.39, 0.29) is 17.5 Å². The summed E-state index contributed by atoms with van der Waals surface area (Å²) in [5.41, 5.74) is 1.17. The van der Waals surface area contributed by atoms with Crippen molar-refractivity contribution in [2.75, 3.05) is 19.5 Å². The summed E-state index contributed by atoms with van der Waals surface area (Å²) in [5, 5.41) is 3.42. The highest BCUT2D eigenvalue weighted by atomic mass is 35.5. The molecule has 0 spiro atoms. The molecule has 0 aromatic heterocycles. The number of rotatable bonds is 5. The fraction of sp³-hybridized carbons (Fsp3) is 0.250. The van der Waals surface area contributed by atoms with Crippen LogP contribution in [0.4, 0.5) is 10.1 Å². The van der Waals surface area contributed by atoms with Gasteiger partial charge in [-0.25, -0.2) is 4.39 Å². The Balaban J connectivity index is 2.30. The number of nitrogens with one attached hydrogen (secondary N) is 1. The van der Waals surface area contributed by atoms with Crippen molar-refractivity contribution in [1.29, 1.82) is 0 Å². The second kappa shape index (κ2) is 6.68. The van der Waals surface area contributed by atoms with Crippen molar-refractivity contribution in [3.63, 3.8) is 0 Å². The highest BCUT2D eigenvalue weighted by molar-refractivity contribution is 6.33. The molecule has 0 aliphatic heterocycles. The van der Waals surface area contributed by atoms with Gasteiger partial charge in [-0.1, -0.05) is 17.7 Å². The zero-order chi connectivity index (χ0) is 15.4. The maximum Gasteiger partial charge on any atom is 0.147 e. The molecule has 1 unspecified atom stereocenters. The first-order valence-corrected chi connectivity index (χ1v) is 6.87. The van der Waals surface area contributed by atoms with Crippen molar-refractivity contribution in [3.05, 3.63) is 52.8 Å². The molecule has 2 aromatic rings. The van der Waals surface area contributed by atoms with Crippen molar-refractivity contribution in [1.82, 2.24) is 0 Å². The topological polar surface area (TPSA) is 30.5 Å². The lowest BCUT2D eigenvalue weighted by atomic mass is 10.1. The highest BCUT2D eigenvalue weighted by Gasteiger charge is 2.15. The third-order valence-electron chi connectivity index (χ3n) is 3.23. The smallest absolute Gasteiger partial charge is 0.147 e. The Labute approximate surface area is 128 Å². The first-order valence-electron chi connectivity index (χ1n) is 6.49. The number of hydrogen-bond donors (Lipinski definition) is 1. The van der Waals surface area contributed by atoms with E-state index in [1.54, 1.807) is 32.4 Å². The molecule has 0 saturated carbocycles. The molecule has 0 heterocycles. The lowest BCUT2D eigenvalue weighted by Gasteiger charge is -2.20. The first-order chi connectivity index (χ1) is 10.1. The Morgan fingerprint density at radius 3 is 2.52 bits per heavy atom. The zero-order valence-corrected chi connectivity index (χ0v) is 12.9. The van der Waals surface area contributed by atoms with Gasteiger partial charge in [0.25, 0.3) is 0 Å². The van der Waals surface area contributed by atoms with Crippen LogP contribution in [0.1, 0.15) is 18.5 Å². The van der Waals surface area contributed by atoms with Crippen LogP contribution < -0.4 is 14.8 Å². The molecule has 112 valence electrons.